The maximum absolute atomic E-state index is 4.44. The van der Waals surface area contributed by atoms with Gasteiger partial charge in [0.1, 0.15) is 0 Å². The van der Waals surface area contributed by atoms with E-state index in [1.165, 1.54) is 12.8 Å². The molecule has 94 valence electrons. The van der Waals surface area contributed by atoms with Crippen LogP contribution in [-0.4, -0.2) is 5.75 Å². The van der Waals surface area contributed by atoms with Crippen molar-refractivity contribution in [2.45, 2.75) is 53.9 Å². The number of allylic oxidation sites excluding steroid dienone is 4. The van der Waals surface area contributed by atoms with Gasteiger partial charge in [0.15, 0.2) is 0 Å². The molecule has 0 aromatic heterocycles. The molecule has 0 nitrogen and oxygen atoms in total. The van der Waals surface area contributed by atoms with Crippen LogP contribution in [0.3, 0.4) is 0 Å². The van der Waals surface area contributed by atoms with Crippen molar-refractivity contribution in [1.29, 1.82) is 0 Å². The van der Waals surface area contributed by atoms with Crippen molar-refractivity contribution in [1.82, 2.24) is 0 Å². The fourth-order valence-corrected chi connectivity index (χ4v) is 2.13. The van der Waals surface area contributed by atoms with Crippen LogP contribution >= 0.6 is 12.6 Å². The Morgan fingerprint density at radius 1 is 1.12 bits per heavy atom. The molecule has 0 spiro atoms. The molecule has 0 heterocycles. The van der Waals surface area contributed by atoms with Gasteiger partial charge >= 0.3 is 0 Å². The maximum atomic E-state index is 4.44. The minimum absolute atomic E-state index is 0.313. The lowest BCUT2D eigenvalue weighted by molar-refractivity contribution is 0.241. The molecule has 0 bridgehead atoms. The van der Waals surface area contributed by atoms with E-state index in [0.717, 1.165) is 12.2 Å². The third-order valence-electron chi connectivity index (χ3n) is 3.15. The summed E-state index contributed by atoms with van der Waals surface area (Å²) in [6, 6.07) is 0. The first-order valence-corrected chi connectivity index (χ1v) is 6.92. The van der Waals surface area contributed by atoms with Gasteiger partial charge in [-0.15, -0.1) is 0 Å². The van der Waals surface area contributed by atoms with Crippen LogP contribution in [0.5, 0.6) is 0 Å². The van der Waals surface area contributed by atoms with Gasteiger partial charge in [0.2, 0.25) is 0 Å². The molecule has 0 aromatic rings. The number of rotatable bonds is 7. The fourth-order valence-electron chi connectivity index (χ4n) is 2.02. The predicted octanol–water partition coefficient (Wildman–Crippen LogP) is 5.27. The quantitative estimate of drug-likeness (QED) is 0.455. The molecule has 0 radical (unpaired) electrons. The predicted molar refractivity (Wildman–Crippen MR) is 79.2 cm³/mol. The third-order valence-corrected chi connectivity index (χ3v) is 4.00. The lowest BCUT2D eigenvalue weighted by Gasteiger charge is -2.34. The van der Waals surface area contributed by atoms with Gasteiger partial charge in [0.05, 0.1) is 0 Å². The Kier molecular flexibility index (Phi) is 7.14. The summed E-state index contributed by atoms with van der Waals surface area (Å²) in [6.45, 7) is 11.3. The van der Waals surface area contributed by atoms with E-state index in [9.17, 15) is 0 Å². The zero-order valence-corrected chi connectivity index (χ0v) is 12.5. The second kappa shape index (κ2) is 7.21. The van der Waals surface area contributed by atoms with Gasteiger partial charge < -0.3 is 0 Å². The fraction of sp³-hybridized carbons (Fsp3) is 0.733. The van der Waals surface area contributed by atoms with Crippen LogP contribution in [0.2, 0.25) is 0 Å². The molecule has 0 saturated carbocycles. The first kappa shape index (κ1) is 15.8. The molecule has 16 heavy (non-hydrogen) atoms. The Labute approximate surface area is 108 Å². The maximum Gasteiger partial charge on any atom is -0.00461 e. The summed E-state index contributed by atoms with van der Waals surface area (Å²) in [5.41, 5.74) is 0.632. The Morgan fingerprint density at radius 3 is 2.19 bits per heavy atom. The first-order chi connectivity index (χ1) is 7.39. The minimum atomic E-state index is 0.313. The van der Waals surface area contributed by atoms with Crippen LogP contribution < -0.4 is 0 Å². The van der Waals surface area contributed by atoms with Crippen molar-refractivity contribution in [3.05, 3.63) is 24.3 Å². The number of thiol groups is 1. The molecule has 0 saturated heterocycles. The summed E-state index contributed by atoms with van der Waals surface area (Å²) in [4.78, 5) is 0. The Hall–Kier alpha value is -0.170. The van der Waals surface area contributed by atoms with E-state index >= 15 is 0 Å². The molecular weight excluding hydrogens is 212 g/mol. The summed E-state index contributed by atoms with van der Waals surface area (Å²) >= 11 is 4.44. The molecule has 0 N–H and O–H groups in total. The molecule has 0 amide bonds. The highest BCUT2D eigenvalue weighted by atomic mass is 32.1. The van der Waals surface area contributed by atoms with Crippen LogP contribution in [-0.2, 0) is 0 Å². The van der Waals surface area contributed by atoms with Gasteiger partial charge in [-0.05, 0) is 42.8 Å². The Morgan fingerprint density at radius 2 is 1.75 bits per heavy atom. The summed E-state index contributed by atoms with van der Waals surface area (Å²) < 4.78 is 0. The smallest absolute Gasteiger partial charge is 0.00461 e. The summed E-state index contributed by atoms with van der Waals surface area (Å²) in [6.07, 6.45) is 12.4. The molecule has 0 aliphatic rings. The molecule has 0 fully saturated rings. The highest BCUT2D eigenvalue weighted by Crippen LogP contribution is 2.38. The molecular formula is C15H28S. The Balaban J connectivity index is 4.47. The normalized spacial score (nSPS) is 17.1. The van der Waals surface area contributed by atoms with Crippen molar-refractivity contribution in [3.8, 4) is 0 Å². The number of hydrogen-bond acceptors (Lipinski definition) is 1. The zero-order valence-electron chi connectivity index (χ0n) is 11.6. The summed E-state index contributed by atoms with van der Waals surface area (Å²) in [7, 11) is 0. The van der Waals surface area contributed by atoms with Crippen molar-refractivity contribution in [2.24, 2.45) is 10.8 Å². The second-order valence-corrected chi connectivity index (χ2v) is 6.03. The van der Waals surface area contributed by atoms with E-state index in [-0.39, 0.29) is 0 Å². The lowest BCUT2D eigenvalue weighted by atomic mass is 9.73. The standard InChI is InChI=1S/C15H28S/c1-6-8-9-10-11-15(5,7-2)12-14(3,4)13-16/h6,8,10-11,16H,7,9,12-13H2,1-5H3/b8-6-,11-10-. The van der Waals surface area contributed by atoms with Crippen molar-refractivity contribution >= 4 is 12.6 Å². The summed E-state index contributed by atoms with van der Waals surface area (Å²) in [5.74, 6) is 0.950. The second-order valence-electron chi connectivity index (χ2n) is 5.71. The molecule has 1 heteroatoms. The average Bonchev–Trinajstić information content (AvgIpc) is 2.24. The van der Waals surface area contributed by atoms with Crippen LogP contribution in [0.1, 0.15) is 53.9 Å². The van der Waals surface area contributed by atoms with Gasteiger partial charge in [0, 0.05) is 0 Å². The van der Waals surface area contributed by atoms with E-state index in [1.54, 1.807) is 0 Å². The van der Waals surface area contributed by atoms with Crippen molar-refractivity contribution in [2.75, 3.05) is 5.75 Å². The van der Waals surface area contributed by atoms with Gasteiger partial charge in [-0.1, -0.05) is 52.0 Å². The highest BCUT2D eigenvalue weighted by Gasteiger charge is 2.27. The first-order valence-electron chi connectivity index (χ1n) is 6.29. The lowest BCUT2D eigenvalue weighted by Crippen LogP contribution is -2.24. The van der Waals surface area contributed by atoms with Crippen molar-refractivity contribution in [3.63, 3.8) is 0 Å². The summed E-state index contributed by atoms with van der Waals surface area (Å²) in [5, 5.41) is 0. The molecule has 1 unspecified atom stereocenters. The third kappa shape index (κ3) is 6.42. The monoisotopic (exact) mass is 240 g/mol. The highest BCUT2D eigenvalue weighted by molar-refractivity contribution is 7.80. The van der Waals surface area contributed by atoms with Crippen LogP contribution in [0.4, 0.5) is 0 Å². The zero-order chi connectivity index (χ0) is 12.7. The van der Waals surface area contributed by atoms with Gasteiger partial charge in [-0.3, -0.25) is 0 Å². The SMILES string of the molecule is C/C=C\C/C=C\C(C)(CC)CC(C)(C)CS. The Bertz CT molecular complexity index is 238. The molecule has 1 atom stereocenters. The van der Waals surface area contributed by atoms with Gasteiger partial charge in [0.25, 0.3) is 0 Å². The van der Waals surface area contributed by atoms with E-state index in [2.05, 4.69) is 71.6 Å². The van der Waals surface area contributed by atoms with E-state index < -0.39 is 0 Å². The van der Waals surface area contributed by atoms with Gasteiger partial charge in [-0.2, -0.15) is 12.6 Å². The van der Waals surface area contributed by atoms with Crippen LogP contribution in [0, 0.1) is 10.8 Å². The largest absolute Gasteiger partial charge is 0.179 e. The topological polar surface area (TPSA) is 0 Å². The number of hydrogen-bond donors (Lipinski definition) is 1. The molecule has 0 aliphatic heterocycles. The minimum Gasteiger partial charge on any atom is -0.179 e. The average molecular weight is 240 g/mol. The van der Waals surface area contributed by atoms with Crippen LogP contribution in [0.25, 0.3) is 0 Å². The molecule has 0 rings (SSSR count). The van der Waals surface area contributed by atoms with Crippen LogP contribution in [0.15, 0.2) is 24.3 Å². The van der Waals surface area contributed by atoms with E-state index in [0.29, 0.717) is 10.8 Å². The molecule has 0 aromatic carbocycles. The van der Waals surface area contributed by atoms with E-state index in [4.69, 9.17) is 0 Å². The van der Waals surface area contributed by atoms with E-state index in [1.807, 2.05) is 0 Å². The van der Waals surface area contributed by atoms with Crippen molar-refractivity contribution < 1.29 is 0 Å². The molecule has 0 aliphatic carbocycles. The van der Waals surface area contributed by atoms with Gasteiger partial charge in [-0.25, -0.2) is 0 Å².